The maximum absolute atomic E-state index is 14.6. The highest BCUT2D eigenvalue weighted by molar-refractivity contribution is 5.58. The zero-order valence-corrected chi connectivity index (χ0v) is 22.0. The van der Waals surface area contributed by atoms with Gasteiger partial charge in [0.2, 0.25) is 29.0 Å². The highest BCUT2D eigenvalue weighted by Gasteiger charge is 2.72. The van der Waals surface area contributed by atoms with Crippen LogP contribution < -0.4 is 0 Å². The van der Waals surface area contributed by atoms with Crippen molar-refractivity contribution in [3.8, 4) is 22.9 Å². The maximum Gasteiger partial charge on any atom is 0.411 e. The molecule has 208 valence electrons. The van der Waals surface area contributed by atoms with E-state index in [4.69, 9.17) is 8.83 Å². The number of aromatic nitrogens is 4. The second-order valence-electron chi connectivity index (χ2n) is 11.2. The van der Waals surface area contributed by atoms with Gasteiger partial charge in [-0.15, -0.1) is 20.4 Å². The van der Waals surface area contributed by atoms with E-state index in [-0.39, 0.29) is 34.7 Å². The maximum atomic E-state index is 14.6. The van der Waals surface area contributed by atoms with Crippen molar-refractivity contribution in [3.63, 3.8) is 0 Å². The van der Waals surface area contributed by atoms with Crippen molar-refractivity contribution in [2.24, 2.45) is 0 Å². The molecule has 0 atom stereocenters. The lowest BCUT2D eigenvalue weighted by Crippen LogP contribution is -2.54. The van der Waals surface area contributed by atoms with Gasteiger partial charge in [0.15, 0.2) is 0 Å². The normalized spacial score (nSPS) is 13.6. The van der Waals surface area contributed by atoms with Crippen LogP contribution in [-0.4, -0.2) is 32.7 Å². The van der Waals surface area contributed by atoms with Gasteiger partial charge in [-0.1, -0.05) is 65.8 Å². The number of rotatable bonds is 4. The van der Waals surface area contributed by atoms with Gasteiger partial charge in [0, 0.05) is 22.0 Å². The van der Waals surface area contributed by atoms with E-state index in [1.54, 1.807) is 0 Å². The van der Waals surface area contributed by atoms with Crippen LogP contribution in [0.2, 0.25) is 0 Å². The first-order chi connectivity index (χ1) is 17.9. The Labute approximate surface area is 220 Å². The fraction of sp³-hybridized carbons (Fsp3) is 0.407. The number of nitrogens with zero attached hydrogens (tertiary/aromatic N) is 4. The molecule has 0 aliphatic carbocycles. The lowest BCUT2D eigenvalue weighted by molar-refractivity contribution is -0.288. The fourth-order valence-corrected chi connectivity index (χ4v) is 3.99. The molecule has 0 unspecified atom stereocenters. The molecule has 12 heteroatoms. The predicted molar refractivity (Wildman–Crippen MR) is 130 cm³/mol. The number of benzene rings is 2. The van der Waals surface area contributed by atoms with Gasteiger partial charge in [0.25, 0.3) is 0 Å². The number of hydrogen-bond acceptors (Lipinski definition) is 6. The second-order valence-corrected chi connectivity index (χ2v) is 11.2. The van der Waals surface area contributed by atoms with E-state index in [0.29, 0.717) is 0 Å². The first kappa shape index (κ1) is 28.3. The molecule has 2 heterocycles. The predicted octanol–water partition coefficient (Wildman–Crippen LogP) is 7.79. The van der Waals surface area contributed by atoms with Crippen LogP contribution in [0.25, 0.3) is 22.9 Å². The highest BCUT2D eigenvalue weighted by Crippen LogP contribution is 2.56. The first-order valence-corrected chi connectivity index (χ1v) is 11.9. The van der Waals surface area contributed by atoms with Crippen molar-refractivity contribution in [2.75, 3.05) is 0 Å². The van der Waals surface area contributed by atoms with Crippen molar-refractivity contribution >= 4 is 0 Å². The summed E-state index contributed by atoms with van der Waals surface area (Å²) in [6, 6.07) is 7.50. The summed E-state index contributed by atoms with van der Waals surface area (Å²) >= 11 is 0. The van der Waals surface area contributed by atoms with Crippen LogP contribution in [0.5, 0.6) is 0 Å². The van der Waals surface area contributed by atoms with Crippen LogP contribution in [0.1, 0.15) is 64.5 Å². The molecule has 0 saturated heterocycles. The van der Waals surface area contributed by atoms with Gasteiger partial charge in [-0.2, -0.15) is 26.3 Å². The lowest BCUT2D eigenvalue weighted by atomic mass is 9.72. The third-order valence-corrected chi connectivity index (χ3v) is 6.11. The summed E-state index contributed by atoms with van der Waals surface area (Å²) in [4.78, 5) is 0. The molecule has 6 nitrogen and oxygen atoms in total. The van der Waals surface area contributed by atoms with E-state index in [2.05, 4.69) is 20.4 Å². The third kappa shape index (κ3) is 5.04. The number of hydrogen-bond donors (Lipinski definition) is 0. The minimum Gasteiger partial charge on any atom is -0.420 e. The van der Waals surface area contributed by atoms with Crippen LogP contribution in [0.3, 0.4) is 0 Å². The molecule has 0 aliphatic rings. The molecule has 0 bridgehead atoms. The molecule has 0 spiro atoms. The molecule has 0 N–H and O–H groups in total. The summed E-state index contributed by atoms with van der Waals surface area (Å²) in [5.41, 5.74) is -6.95. The van der Waals surface area contributed by atoms with E-state index in [1.807, 2.05) is 41.5 Å². The van der Waals surface area contributed by atoms with Crippen LogP contribution in [-0.2, 0) is 16.2 Å². The van der Waals surface area contributed by atoms with E-state index in [9.17, 15) is 26.3 Å². The molecule has 39 heavy (non-hydrogen) atoms. The van der Waals surface area contributed by atoms with Crippen LogP contribution in [0.15, 0.2) is 57.4 Å². The topological polar surface area (TPSA) is 77.8 Å². The molecule has 4 aromatic rings. The molecule has 0 radical (unpaired) electrons. The summed E-state index contributed by atoms with van der Waals surface area (Å²) in [6.45, 7) is 10.9. The summed E-state index contributed by atoms with van der Waals surface area (Å²) in [6.07, 6.45) is -11.5. The Balaban J connectivity index is 1.80. The summed E-state index contributed by atoms with van der Waals surface area (Å²) in [5, 5.41) is 15.6. The molecule has 0 fully saturated rings. The Morgan fingerprint density at radius 3 is 1.03 bits per heavy atom. The van der Waals surface area contributed by atoms with Gasteiger partial charge in [0.05, 0.1) is 0 Å². The molecule has 0 amide bonds. The van der Waals surface area contributed by atoms with E-state index in [0.717, 1.165) is 48.5 Å². The van der Waals surface area contributed by atoms with Gasteiger partial charge in [0.1, 0.15) is 0 Å². The Hall–Kier alpha value is -3.70. The van der Waals surface area contributed by atoms with Crippen LogP contribution >= 0.6 is 0 Å². The number of halogens is 6. The van der Waals surface area contributed by atoms with Crippen molar-refractivity contribution in [1.29, 1.82) is 0 Å². The minimum absolute atomic E-state index is 0.0189. The van der Waals surface area contributed by atoms with Gasteiger partial charge in [-0.05, 0) is 35.4 Å². The zero-order valence-electron chi connectivity index (χ0n) is 22.0. The van der Waals surface area contributed by atoms with Crippen molar-refractivity contribution < 1.29 is 35.2 Å². The van der Waals surface area contributed by atoms with E-state index >= 15 is 0 Å². The van der Waals surface area contributed by atoms with E-state index < -0.39 is 39.7 Å². The summed E-state index contributed by atoms with van der Waals surface area (Å²) in [7, 11) is 0. The minimum atomic E-state index is -5.73. The molecule has 2 aromatic heterocycles. The molecular weight excluding hydrogens is 526 g/mol. The van der Waals surface area contributed by atoms with Crippen molar-refractivity contribution in [2.45, 2.75) is 70.1 Å². The SMILES string of the molecule is CC(C)(C)c1nnc(-c2ccc(C(c3ccc(-c4nnc(C(C)(C)C)o4)cc3)(C(F)(F)F)C(F)(F)F)cc2)o1. The average Bonchev–Trinajstić information content (AvgIpc) is 3.49. The third-order valence-electron chi connectivity index (χ3n) is 6.11. The van der Waals surface area contributed by atoms with Gasteiger partial charge >= 0.3 is 12.4 Å². The summed E-state index contributed by atoms with van der Waals surface area (Å²) < 4.78 is 98.5. The highest BCUT2D eigenvalue weighted by atomic mass is 19.4. The molecule has 0 saturated carbocycles. The molecule has 0 aliphatic heterocycles. The smallest absolute Gasteiger partial charge is 0.411 e. The van der Waals surface area contributed by atoms with Crippen molar-refractivity contribution in [1.82, 2.24) is 20.4 Å². The molecule has 2 aromatic carbocycles. The zero-order chi connectivity index (χ0) is 29.0. The van der Waals surface area contributed by atoms with Crippen molar-refractivity contribution in [3.05, 3.63) is 71.4 Å². The lowest BCUT2D eigenvalue weighted by Gasteiger charge is -2.38. The standard InChI is InChI=1S/C27H26F6N4O2/c1-23(2,3)21-36-34-19(38-21)15-7-11-17(12-8-15)25(26(28,29)30,27(31,32)33)18-13-9-16(10-14-18)20-35-37-22(39-20)24(4,5)6/h7-14H,1-6H3. The van der Waals surface area contributed by atoms with Gasteiger partial charge in [-0.25, -0.2) is 0 Å². The Bertz CT molecular complexity index is 1330. The van der Waals surface area contributed by atoms with E-state index in [1.165, 1.54) is 0 Å². The van der Waals surface area contributed by atoms with Gasteiger partial charge in [-0.3, -0.25) is 0 Å². The Morgan fingerprint density at radius 1 is 0.487 bits per heavy atom. The molecule has 4 rings (SSSR count). The van der Waals surface area contributed by atoms with Crippen LogP contribution in [0.4, 0.5) is 26.3 Å². The fourth-order valence-electron chi connectivity index (χ4n) is 3.99. The summed E-state index contributed by atoms with van der Waals surface area (Å²) in [5.74, 6) is 0.513. The van der Waals surface area contributed by atoms with Crippen LogP contribution in [0, 0.1) is 0 Å². The first-order valence-electron chi connectivity index (χ1n) is 11.9. The van der Waals surface area contributed by atoms with Gasteiger partial charge < -0.3 is 8.83 Å². The average molecular weight is 553 g/mol. The Kier molecular flexibility index (Phi) is 6.68. The Morgan fingerprint density at radius 2 is 0.795 bits per heavy atom. The largest absolute Gasteiger partial charge is 0.420 e. The number of alkyl halides is 6. The molecular formula is C27H26F6N4O2. The monoisotopic (exact) mass is 552 g/mol. The second kappa shape index (κ2) is 9.20. The quantitative estimate of drug-likeness (QED) is 0.241.